The summed E-state index contributed by atoms with van der Waals surface area (Å²) in [5, 5.41) is 6.94. The van der Waals surface area contributed by atoms with Gasteiger partial charge in [0.25, 0.3) is 5.95 Å². The number of hydrogen-bond donors (Lipinski definition) is 1. The van der Waals surface area contributed by atoms with Gasteiger partial charge in [-0.15, -0.1) is 0 Å². The number of hydrogen-bond acceptors (Lipinski definition) is 7. The Morgan fingerprint density at radius 2 is 2.10 bits per heavy atom. The molecule has 106 valence electrons. The van der Waals surface area contributed by atoms with Crippen LogP contribution < -0.4 is 10.1 Å². The third-order valence-electron chi connectivity index (χ3n) is 2.80. The smallest absolute Gasteiger partial charge is 0.257 e. The van der Waals surface area contributed by atoms with Crippen molar-refractivity contribution in [3.8, 4) is 23.1 Å². The average molecular weight is 283 g/mol. The lowest BCUT2D eigenvalue weighted by Gasteiger charge is -2.07. The van der Waals surface area contributed by atoms with Crippen molar-refractivity contribution < 1.29 is 4.74 Å². The summed E-state index contributed by atoms with van der Waals surface area (Å²) in [5.74, 6) is 2.11. The van der Waals surface area contributed by atoms with Gasteiger partial charge in [-0.3, -0.25) is 0 Å². The Labute approximate surface area is 120 Å². The van der Waals surface area contributed by atoms with Gasteiger partial charge in [0.05, 0.1) is 7.11 Å². The molecular weight excluding hydrogens is 270 g/mol. The number of aromatic nitrogens is 6. The molecule has 8 heteroatoms. The molecule has 0 bridgehead atoms. The predicted molar refractivity (Wildman–Crippen MR) is 76.3 cm³/mol. The highest BCUT2D eigenvalue weighted by molar-refractivity contribution is 5.59. The highest BCUT2D eigenvalue weighted by Crippen LogP contribution is 2.21. The van der Waals surface area contributed by atoms with E-state index in [0.717, 1.165) is 11.3 Å². The van der Waals surface area contributed by atoms with E-state index >= 15 is 0 Å². The molecule has 0 amide bonds. The lowest BCUT2D eigenvalue weighted by molar-refractivity contribution is 0.415. The van der Waals surface area contributed by atoms with Crippen LogP contribution in [0.5, 0.6) is 5.75 Å². The van der Waals surface area contributed by atoms with Crippen molar-refractivity contribution in [3.05, 3.63) is 36.9 Å². The molecular formula is C13H13N7O. The van der Waals surface area contributed by atoms with Crippen LogP contribution in [0.3, 0.4) is 0 Å². The molecule has 21 heavy (non-hydrogen) atoms. The molecule has 2 aromatic heterocycles. The van der Waals surface area contributed by atoms with Crippen LogP contribution in [0.2, 0.25) is 0 Å². The first-order valence-electron chi connectivity index (χ1n) is 6.23. The Morgan fingerprint density at radius 3 is 2.81 bits per heavy atom. The lowest BCUT2D eigenvalue weighted by atomic mass is 10.2. The van der Waals surface area contributed by atoms with E-state index in [0.29, 0.717) is 17.7 Å². The molecule has 8 nitrogen and oxygen atoms in total. The van der Waals surface area contributed by atoms with E-state index in [9.17, 15) is 0 Å². The zero-order valence-electron chi connectivity index (χ0n) is 11.6. The SMILES string of the molecule is CNc1nc(-c2cccc(OC)c2)nc(-n2cncn2)n1. The van der Waals surface area contributed by atoms with E-state index in [4.69, 9.17) is 4.74 Å². The van der Waals surface area contributed by atoms with Crippen molar-refractivity contribution in [3.63, 3.8) is 0 Å². The fourth-order valence-electron chi connectivity index (χ4n) is 1.78. The summed E-state index contributed by atoms with van der Waals surface area (Å²) in [5.41, 5.74) is 0.828. The van der Waals surface area contributed by atoms with E-state index in [2.05, 4.69) is 30.4 Å². The second kappa shape index (κ2) is 5.53. The monoisotopic (exact) mass is 283 g/mol. The fourth-order valence-corrected chi connectivity index (χ4v) is 1.78. The standard InChI is InChI=1S/C13H13N7O/c1-14-12-17-11(9-4-3-5-10(6-9)21-2)18-13(19-12)20-8-15-7-16-20/h3-8H,1-2H3,(H,14,17,18,19). The van der Waals surface area contributed by atoms with Gasteiger partial charge < -0.3 is 10.1 Å². The third-order valence-corrected chi connectivity index (χ3v) is 2.80. The number of benzene rings is 1. The van der Waals surface area contributed by atoms with Crippen molar-refractivity contribution in [1.82, 2.24) is 29.7 Å². The number of nitrogens with zero attached hydrogens (tertiary/aromatic N) is 6. The summed E-state index contributed by atoms with van der Waals surface area (Å²) >= 11 is 0. The molecule has 2 heterocycles. The summed E-state index contributed by atoms with van der Waals surface area (Å²) in [7, 11) is 3.36. The third kappa shape index (κ3) is 2.64. The Hall–Kier alpha value is -3.03. The molecule has 0 saturated carbocycles. The molecule has 0 spiro atoms. The van der Waals surface area contributed by atoms with Crippen LogP contribution in [0.15, 0.2) is 36.9 Å². The lowest BCUT2D eigenvalue weighted by Crippen LogP contribution is -2.08. The van der Waals surface area contributed by atoms with Gasteiger partial charge in [-0.05, 0) is 12.1 Å². The van der Waals surface area contributed by atoms with Gasteiger partial charge in [0.1, 0.15) is 18.4 Å². The van der Waals surface area contributed by atoms with Crippen LogP contribution in [-0.4, -0.2) is 43.9 Å². The maximum atomic E-state index is 5.22. The number of anilines is 1. The Balaban J connectivity index is 2.11. The molecule has 0 aliphatic heterocycles. The molecule has 0 saturated heterocycles. The summed E-state index contributed by atoms with van der Waals surface area (Å²) in [6.45, 7) is 0. The van der Waals surface area contributed by atoms with Crippen LogP contribution >= 0.6 is 0 Å². The van der Waals surface area contributed by atoms with E-state index < -0.39 is 0 Å². The van der Waals surface area contributed by atoms with E-state index in [1.165, 1.54) is 17.3 Å². The molecule has 0 radical (unpaired) electrons. The minimum Gasteiger partial charge on any atom is -0.497 e. The first-order valence-corrected chi connectivity index (χ1v) is 6.23. The molecule has 0 unspecified atom stereocenters. The van der Waals surface area contributed by atoms with Crippen LogP contribution in [0, 0.1) is 0 Å². The Bertz CT molecular complexity index is 742. The van der Waals surface area contributed by atoms with Gasteiger partial charge >= 0.3 is 0 Å². The number of methoxy groups -OCH3 is 1. The van der Waals surface area contributed by atoms with Gasteiger partial charge in [-0.2, -0.15) is 24.7 Å². The maximum Gasteiger partial charge on any atom is 0.257 e. The van der Waals surface area contributed by atoms with Crippen molar-refractivity contribution in [2.24, 2.45) is 0 Å². The second-order valence-electron chi connectivity index (χ2n) is 4.10. The van der Waals surface area contributed by atoms with Gasteiger partial charge in [0.15, 0.2) is 5.82 Å². The summed E-state index contributed by atoms with van der Waals surface area (Å²) in [6.07, 6.45) is 2.96. The molecule has 0 aliphatic rings. The first-order chi connectivity index (χ1) is 10.3. The maximum absolute atomic E-state index is 5.22. The zero-order chi connectivity index (χ0) is 14.7. The second-order valence-corrected chi connectivity index (χ2v) is 4.10. The Kier molecular flexibility index (Phi) is 3.42. The number of nitrogens with one attached hydrogen (secondary N) is 1. The quantitative estimate of drug-likeness (QED) is 0.768. The molecule has 1 aromatic carbocycles. The van der Waals surface area contributed by atoms with Gasteiger partial charge in [0.2, 0.25) is 5.95 Å². The van der Waals surface area contributed by atoms with Crippen LogP contribution in [-0.2, 0) is 0 Å². The molecule has 0 atom stereocenters. The largest absolute Gasteiger partial charge is 0.497 e. The van der Waals surface area contributed by atoms with E-state index in [1.54, 1.807) is 14.2 Å². The number of rotatable bonds is 4. The first kappa shape index (κ1) is 13.0. The zero-order valence-corrected chi connectivity index (χ0v) is 11.6. The summed E-state index contributed by atoms with van der Waals surface area (Å²) in [6, 6.07) is 7.51. The van der Waals surface area contributed by atoms with Crippen molar-refractivity contribution >= 4 is 5.95 Å². The minimum absolute atomic E-state index is 0.393. The van der Waals surface area contributed by atoms with Crippen molar-refractivity contribution in [1.29, 1.82) is 0 Å². The highest BCUT2D eigenvalue weighted by atomic mass is 16.5. The predicted octanol–water partition coefficient (Wildman–Crippen LogP) is 1.17. The van der Waals surface area contributed by atoms with Gasteiger partial charge in [-0.1, -0.05) is 12.1 Å². The topological polar surface area (TPSA) is 90.6 Å². The van der Waals surface area contributed by atoms with Gasteiger partial charge in [0, 0.05) is 12.6 Å². The van der Waals surface area contributed by atoms with Crippen molar-refractivity contribution in [2.75, 3.05) is 19.5 Å². The fraction of sp³-hybridized carbons (Fsp3) is 0.154. The average Bonchev–Trinajstić information content (AvgIpc) is 3.09. The minimum atomic E-state index is 0.393. The Morgan fingerprint density at radius 1 is 1.19 bits per heavy atom. The van der Waals surface area contributed by atoms with Gasteiger partial charge in [-0.25, -0.2) is 4.98 Å². The van der Waals surface area contributed by atoms with Crippen molar-refractivity contribution in [2.45, 2.75) is 0 Å². The normalized spacial score (nSPS) is 10.4. The van der Waals surface area contributed by atoms with E-state index in [1.807, 2.05) is 24.3 Å². The van der Waals surface area contributed by atoms with Crippen LogP contribution in [0.25, 0.3) is 17.3 Å². The molecule has 0 aliphatic carbocycles. The molecule has 3 rings (SSSR count). The van der Waals surface area contributed by atoms with Crippen LogP contribution in [0.4, 0.5) is 5.95 Å². The highest BCUT2D eigenvalue weighted by Gasteiger charge is 2.10. The van der Waals surface area contributed by atoms with E-state index in [-0.39, 0.29) is 0 Å². The number of ether oxygens (including phenoxy) is 1. The molecule has 0 fully saturated rings. The molecule has 1 N–H and O–H groups in total. The summed E-state index contributed by atoms with van der Waals surface area (Å²) < 4.78 is 6.70. The molecule has 3 aromatic rings. The summed E-state index contributed by atoms with van der Waals surface area (Å²) in [4.78, 5) is 16.9. The van der Waals surface area contributed by atoms with Crippen LogP contribution in [0.1, 0.15) is 0 Å².